The average Bonchev–Trinajstić information content (AvgIpc) is 3.40. The zero-order valence-corrected chi connectivity index (χ0v) is 16.8. The average molecular weight is 410 g/mol. The number of carbonyl (C=O) groups excluding carboxylic acids is 1. The molecule has 2 aliphatic rings. The van der Waals surface area contributed by atoms with Crippen molar-refractivity contribution in [3.8, 4) is 22.1 Å². The van der Waals surface area contributed by atoms with Crippen LogP contribution in [0, 0.1) is 0 Å². The van der Waals surface area contributed by atoms with Gasteiger partial charge >= 0.3 is 0 Å². The van der Waals surface area contributed by atoms with Crippen LogP contribution < -0.4 is 14.4 Å². The largest absolute Gasteiger partial charge is 0.486 e. The van der Waals surface area contributed by atoms with E-state index in [2.05, 4.69) is 21.2 Å². The molecule has 7 nitrogen and oxygen atoms in total. The zero-order valence-electron chi connectivity index (χ0n) is 16.0. The molecule has 1 amide bonds. The molecule has 1 N–H and O–H groups in total. The molecule has 3 aromatic rings. The minimum atomic E-state index is -0.0203. The van der Waals surface area contributed by atoms with Crippen LogP contribution in [0.4, 0.5) is 5.69 Å². The van der Waals surface area contributed by atoms with Gasteiger partial charge in [0.1, 0.15) is 13.2 Å². The fraction of sp³-hybridized carbons (Fsp3) is 0.333. The fourth-order valence-corrected chi connectivity index (χ4v) is 4.45. The van der Waals surface area contributed by atoms with Gasteiger partial charge in [0, 0.05) is 37.9 Å². The summed E-state index contributed by atoms with van der Waals surface area (Å²) in [5, 5.41) is 9.25. The van der Waals surface area contributed by atoms with Crippen LogP contribution in [0.5, 0.6) is 11.5 Å². The lowest BCUT2D eigenvalue weighted by molar-refractivity contribution is 0.0761. The number of thiophene rings is 1. The molecule has 5 rings (SSSR count). The van der Waals surface area contributed by atoms with Crippen molar-refractivity contribution in [3.05, 3.63) is 47.5 Å². The third-order valence-electron chi connectivity index (χ3n) is 5.26. The molecule has 4 heterocycles. The molecule has 1 saturated heterocycles. The summed E-state index contributed by atoms with van der Waals surface area (Å²) in [4.78, 5) is 18.2. The molecule has 8 heteroatoms. The molecule has 0 atom stereocenters. The van der Waals surface area contributed by atoms with E-state index in [0.29, 0.717) is 25.5 Å². The number of carbonyl (C=O) groups is 1. The summed E-state index contributed by atoms with van der Waals surface area (Å²) in [5.74, 6) is 1.57. The van der Waals surface area contributed by atoms with Crippen molar-refractivity contribution >= 4 is 22.9 Å². The maximum Gasteiger partial charge on any atom is 0.274 e. The molecule has 29 heavy (non-hydrogen) atoms. The van der Waals surface area contributed by atoms with E-state index in [1.807, 2.05) is 40.6 Å². The van der Waals surface area contributed by atoms with Crippen LogP contribution in [0.1, 0.15) is 16.9 Å². The van der Waals surface area contributed by atoms with Crippen molar-refractivity contribution < 1.29 is 14.3 Å². The SMILES string of the molecule is O=C(c1cc(-c2cccs2)[nH]n1)N1CCCN(c2ccc3c(c2)OCCO3)CC1. The smallest absolute Gasteiger partial charge is 0.274 e. The standard InChI is InChI=1S/C21H22N4O3S/c26-21(17-14-16(22-23-17)20-3-1-12-29-20)25-7-2-6-24(8-9-25)15-4-5-18-19(13-15)28-11-10-27-18/h1,3-5,12-14H,2,6-11H2,(H,22,23). The maximum atomic E-state index is 13.0. The summed E-state index contributed by atoms with van der Waals surface area (Å²) in [6.07, 6.45) is 0.905. The molecule has 0 unspecified atom stereocenters. The second kappa shape index (κ2) is 7.79. The molecular formula is C21H22N4O3S. The Morgan fingerprint density at radius 1 is 1.03 bits per heavy atom. The highest BCUT2D eigenvalue weighted by atomic mass is 32.1. The summed E-state index contributed by atoms with van der Waals surface area (Å²) < 4.78 is 11.3. The fourth-order valence-electron chi connectivity index (χ4n) is 3.76. The van der Waals surface area contributed by atoms with Gasteiger partial charge < -0.3 is 19.3 Å². The van der Waals surface area contributed by atoms with Gasteiger partial charge in [-0.25, -0.2) is 0 Å². The van der Waals surface area contributed by atoms with Crippen LogP contribution in [0.2, 0.25) is 0 Å². The molecule has 0 radical (unpaired) electrons. The maximum absolute atomic E-state index is 13.0. The van der Waals surface area contributed by atoms with Gasteiger partial charge in [0.25, 0.3) is 5.91 Å². The number of nitrogens with zero attached hydrogens (tertiary/aromatic N) is 3. The van der Waals surface area contributed by atoms with Crippen LogP contribution in [0.25, 0.3) is 10.6 Å². The van der Waals surface area contributed by atoms with Gasteiger partial charge in [-0.2, -0.15) is 5.10 Å². The van der Waals surface area contributed by atoms with Crippen LogP contribution >= 0.6 is 11.3 Å². The Bertz CT molecular complexity index is 1000. The van der Waals surface area contributed by atoms with Crippen LogP contribution in [0.15, 0.2) is 41.8 Å². The van der Waals surface area contributed by atoms with E-state index in [9.17, 15) is 4.79 Å². The Morgan fingerprint density at radius 3 is 2.79 bits per heavy atom. The van der Waals surface area contributed by atoms with Crippen molar-refractivity contribution in [3.63, 3.8) is 0 Å². The van der Waals surface area contributed by atoms with Gasteiger partial charge in [-0.15, -0.1) is 11.3 Å². The summed E-state index contributed by atoms with van der Waals surface area (Å²) in [5.41, 5.74) is 2.46. The zero-order chi connectivity index (χ0) is 19.6. The highest BCUT2D eigenvalue weighted by Crippen LogP contribution is 2.34. The molecule has 0 saturated carbocycles. The lowest BCUT2D eigenvalue weighted by atomic mass is 10.2. The van der Waals surface area contributed by atoms with Crippen molar-refractivity contribution in [2.75, 3.05) is 44.3 Å². The third kappa shape index (κ3) is 3.67. The molecule has 1 aromatic carbocycles. The van der Waals surface area contributed by atoms with Crippen molar-refractivity contribution in [1.82, 2.24) is 15.1 Å². The van der Waals surface area contributed by atoms with Crippen LogP contribution in [0.3, 0.4) is 0 Å². The number of benzene rings is 1. The van der Waals surface area contributed by atoms with Gasteiger partial charge in [0.2, 0.25) is 0 Å². The number of hydrogen-bond donors (Lipinski definition) is 1. The number of H-pyrrole nitrogens is 1. The first-order valence-electron chi connectivity index (χ1n) is 9.81. The van der Waals surface area contributed by atoms with E-state index in [0.717, 1.165) is 53.8 Å². The predicted molar refractivity (Wildman–Crippen MR) is 112 cm³/mol. The van der Waals surface area contributed by atoms with Crippen LogP contribution in [-0.4, -0.2) is 60.4 Å². The number of fused-ring (bicyclic) bond motifs is 1. The van der Waals surface area contributed by atoms with E-state index in [-0.39, 0.29) is 5.91 Å². The van der Waals surface area contributed by atoms with Gasteiger partial charge in [-0.3, -0.25) is 9.89 Å². The predicted octanol–water partition coefficient (Wildman–Crippen LogP) is 3.26. The van der Waals surface area contributed by atoms with Gasteiger partial charge in [-0.05, 0) is 36.1 Å². The topological polar surface area (TPSA) is 70.7 Å². The number of anilines is 1. The highest BCUT2D eigenvalue weighted by molar-refractivity contribution is 7.13. The van der Waals surface area contributed by atoms with Crippen molar-refractivity contribution in [2.45, 2.75) is 6.42 Å². The first-order chi connectivity index (χ1) is 14.3. The molecule has 2 aromatic heterocycles. The number of aromatic nitrogens is 2. The summed E-state index contributed by atoms with van der Waals surface area (Å²) in [7, 11) is 0. The Balaban J connectivity index is 1.27. The molecule has 0 aliphatic carbocycles. The summed E-state index contributed by atoms with van der Waals surface area (Å²) in [6.45, 7) is 4.22. The number of aromatic amines is 1. The van der Waals surface area contributed by atoms with Crippen LogP contribution in [-0.2, 0) is 0 Å². The number of amides is 1. The first kappa shape index (κ1) is 18.1. The Labute approximate surface area is 172 Å². The third-order valence-corrected chi connectivity index (χ3v) is 6.16. The first-order valence-corrected chi connectivity index (χ1v) is 10.7. The number of nitrogens with one attached hydrogen (secondary N) is 1. The van der Waals surface area contributed by atoms with Crippen molar-refractivity contribution in [2.24, 2.45) is 0 Å². The molecule has 2 aliphatic heterocycles. The van der Waals surface area contributed by atoms with E-state index in [1.165, 1.54) is 0 Å². The molecule has 1 fully saturated rings. The van der Waals surface area contributed by atoms with Gasteiger partial charge in [0.15, 0.2) is 17.2 Å². The second-order valence-electron chi connectivity index (χ2n) is 7.10. The molecule has 0 bridgehead atoms. The Morgan fingerprint density at radius 2 is 1.93 bits per heavy atom. The number of rotatable bonds is 3. The number of hydrogen-bond acceptors (Lipinski definition) is 6. The van der Waals surface area contributed by atoms with E-state index in [4.69, 9.17) is 9.47 Å². The minimum Gasteiger partial charge on any atom is -0.486 e. The van der Waals surface area contributed by atoms with Crippen molar-refractivity contribution in [1.29, 1.82) is 0 Å². The quantitative estimate of drug-likeness (QED) is 0.718. The molecular weight excluding hydrogens is 388 g/mol. The van der Waals surface area contributed by atoms with Gasteiger partial charge in [-0.1, -0.05) is 6.07 Å². The normalized spacial score (nSPS) is 16.6. The highest BCUT2D eigenvalue weighted by Gasteiger charge is 2.23. The number of ether oxygens (including phenoxy) is 2. The van der Waals surface area contributed by atoms with Gasteiger partial charge in [0.05, 0.1) is 10.6 Å². The Hall–Kier alpha value is -3.00. The minimum absolute atomic E-state index is 0.0203. The van der Waals surface area contributed by atoms with E-state index in [1.54, 1.807) is 11.3 Å². The summed E-state index contributed by atoms with van der Waals surface area (Å²) >= 11 is 1.63. The lowest BCUT2D eigenvalue weighted by Gasteiger charge is -2.25. The summed E-state index contributed by atoms with van der Waals surface area (Å²) in [6, 6.07) is 11.9. The van der Waals surface area contributed by atoms with E-state index >= 15 is 0 Å². The van der Waals surface area contributed by atoms with E-state index < -0.39 is 0 Å². The Kier molecular flexibility index (Phi) is 4.85. The molecule has 0 spiro atoms. The lowest BCUT2D eigenvalue weighted by Crippen LogP contribution is -2.35. The molecule has 150 valence electrons. The monoisotopic (exact) mass is 410 g/mol. The second-order valence-corrected chi connectivity index (χ2v) is 8.05.